The number of rotatable bonds is 7. The second-order valence-electron chi connectivity index (χ2n) is 9.13. The van der Waals surface area contributed by atoms with E-state index in [-0.39, 0.29) is 23.3 Å². The minimum absolute atomic E-state index is 0.0419. The molecule has 6 N–H and O–H groups in total. The predicted molar refractivity (Wildman–Crippen MR) is 159 cm³/mol. The number of ether oxygens (including phenoxy) is 3. The first-order valence-electron chi connectivity index (χ1n) is 13.2. The van der Waals surface area contributed by atoms with Gasteiger partial charge in [-0.1, -0.05) is 30.4 Å². The number of nitrogens with two attached hydrogens (primary N) is 1. The Balaban J connectivity index is 0.00000391. The third kappa shape index (κ3) is 10.2. The molecule has 0 aromatic heterocycles. The summed E-state index contributed by atoms with van der Waals surface area (Å²) in [5.74, 6) is -0.648. The molecule has 2 rings (SSSR count). The molecule has 0 aliphatic carbocycles. The molecule has 40 heavy (non-hydrogen) atoms. The summed E-state index contributed by atoms with van der Waals surface area (Å²) in [6.45, 7) is 7.99. The molecule has 1 aliphatic heterocycles. The van der Waals surface area contributed by atoms with Crippen molar-refractivity contribution in [3.8, 4) is 11.5 Å². The zero-order valence-electron chi connectivity index (χ0n) is 24.2. The van der Waals surface area contributed by atoms with Gasteiger partial charge in [-0.05, 0) is 58.6 Å². The lowest BCUT2D eigenvalue weighted by Crippen LogP contribution is -2.30. The van der Waals surface area contributed by atoms with E-state index in [0.717, 1.165) is 12.0 Å². The van der Waals surface area contributed by atoms with Crippen LogP contribution in [0.5, 0.6) is 11.5 Å². The number of nitrogens with one attached hydrogen (secondary N) is 2. The van der Waals surface area contributed by atoms with E-state index < -0.39 is 18.1 Å². The van der Waals surface area contributed by atoms with Crippen molar-refractivity contribution in [3.05, 3.63) is 59.7 Å². The maximum Gasteiger partial charge on any atom is 0.293 e. The molecule has 10 nitrogen and oxygen atoms in total. The number of methoxy groups -OCH3 is 2. The van der Waals surface area contributed by atoms with Crippen molar-refractivity contribution in [1.29, 1.82) is 0 Å². The van der Waals surface area contributed by atoms with Crippen molar-refractivity contribution in [2.24, 2.45) is 5.73 Å². The number of carbonyl (C=O) groups excluding carboxylic acids is 2. The maximum absolute atomic E-state index is 12.9. The van der Waals surface area contributed by atoms with Crippen molar-refractivity contribution in [2.75, 3.05) is 38.4 Å². The molecule has 222 valence electrons. The number of hydrogen-bond acceptors (Lipinski definition) is 9. The number of benzene rings is 1. The van der Waals surface area contributed by atoms with Crippen LogP contribution in [0.15, 0.2) is 54.2 Å². The second-order valence-corrected chi connectivity index (χ2v) is 9.13. The van der Waals surface area contributed by atoms with Crippen molar-refractivity contribution in [3.63, 3.8) is 0 Å². The van der Waals surface area contributed by atoms with Crippen LogP contribution in [-0.2, 0) is 30.2 Å². The molecular weight excluding hydrogens is 514 g/mol. The fourth-order valence-electron chi connectivity index (χ4n) is 4.34. The van der Waals surface area contributed by atoms with Gasteiger partial charge in [-0.2, -0.15) is 0 Å². The number of phenols is 2. The van der Waals surface area contributed by atoms with E-state index in [2.05, 4.69) is 22.9 Å². The topological polar surface area (TPSA) is 152 Å². The van der Waals surface area contributed by atoms with Gasteiger partial charge in [0, 0.05) is 38.0 Å². The van der Waals surface area contributed by atoms with Crippen molar-refractivity contribution in [2.45, 2.75) is 64.3 Å². The normalized spacial score (nSPS) is 24.1. The molecule has 1 aromatic rings. The van der Waals surface area contributed by atoms with Crippen LogP contribution < -0.4 is 16.4 Å². The van der Waals surface area contributed by atoms with E-state index in [1.54, 1.807) is 38.3 Å². The molecule has 2 bridgehead atoms. The lowest BCUT2D eigenvalue weighted by molar-refractivity contribution is -0.136. The molecule has 1 heterocycles. The molecule has 0 spiro atoms. The molecule has 10 heteroatoms. The molecule has 3 unspecified atom stereocenters. The smallest absolute Gasteiger partial charge is 0.293 e. The third-order valence-corrected chi connectivity index (χ3v) is 6.52. The summed E-state index contributed by atoms with van der Waals surface area (Å²) >= 11 is 0. The Labute approximate surface area is 237 Å². The van der Waals surface area contributed by atoms with Gasteiger partial charge in [0.15, 0.2) is 6.10 Å². The zero-order valence-corrected chi connectivity index (χ0v) is 24.2. The van der Waals surface area contributed by atoms with Crippen LogP contribution in [0, 0.1) is 0 Å². The minimum Gasteiger partial charge on any atom is -0.506 e. The number of fused-ring (bicyclic) bond motifs is 2. The Morgan fingerprint density at radius 3 is 2.55 bits per heavy atom. The monoisotopic (exact) mass is 559 g/mol. The lowest BCUT2D eigenvalue weighted by atomic mass is 9.98. The molecule has 1 aliphatic rings. The van der Waals surface area contributed by atoms with Gasteiger partial charge in [-0.15, -0.1) is 6.58 Å². The van der Waals surface area contributed by atoms with Gasteiger partial charge in [-0.3, -0.25) is 9.59 Å². The Bertz CT molecular complexity index is 1070. The summed E-state index contributed by atoms with van der Waals surface area (Å²) in [7, 11) is 4.68. The zero-order chi connectivity index (χ0) is 30.1. The SMILES string of the molecule is C=CCNc1c(O)cc2c(O)c1CCCC(OC)CC/C=C(\C)C(OC=O)C(OC)/C=C\C=C(/C)C(=O)N2.CN. The highest BCUT2D eigenvalue weighted by Crippen LogP contribution is 2.41. The number of phenolic OH excluding ortho intramolecular Hbond substituents is 2. The standard InChI is InChI=1S/C29H40N2O7.CH5N/c1-6-16-30-26-22-14-9-13-21(36-4)12-7-10-19(2)28(38-18-32)25(37-5)15-8-11-20(3)29(35)31-23(27(22)34)17-24(26)33;1-2/h6,8,10-11,15,17-18,21,25,28,30,33-34H,1,7,9,12-14,16H2,2-5H3,(H,31,35);2H2,1H3/b15-8-,19-10+,20-11+;. The molecular formula is C30H45N3O7. The van der Waals surface area contributed by atoms with Crippen molar-refractivity contribution in [1.82, 2.24) is 0 Å². The van der Waals surface area contributed by atoms with E-state index in [1.165, 1.54) is 20.2 Å². The number of anilines is 2. The highest BCUT2D eigenvalue weighted by atomic mass is 16.6. The average Bonchev–Trinajstić information content (AvgIpc) is 2.95. The summed E-state index contributed by atoms with van der Waals surface area (Å²) in [5, 5.41) is 27.5. The number of amides is 1. The van der Waals surface area contributed by atoms with Crippen LogP contribution in [0.2, 0.25) is 0 Å². The highest BCUT2D eigenvalue weighted by molar-refractivity contribution is 6.04. The van der Waals surface area contributed by atoms with Crippen LogP contribution in [0.4, 0.5) is 11.4 Å². The highest BCUT2D eigenvalue weighted by Gasteiger charge is 2.23. The van der Waals surface area contributed by atoms with Gasteiger partial charge < -0.3 is 40.8 Å². The van der Waals surface area contributed by atoms with Crippen LogP contribution in [0.25, 0.3) is 0 Å². The minimum atomic E-state index is -0.623. The first-order chi connectivity index (χ1) is 19.3. The van der Waals surface area contributed by atoms with E-state index in [1.807, 2.05) is 13.0 Å². The first kappa shape index (κ1) is 34.4. The van der Waals surface area contributed by atoms with E-state index in [4.69, 9.17) is 14.2 Å². The van der Waals surface area contributed by atoms with Gasteiger partial charge >= 0.3 is 0 Å². The Hall–Kier alpha value is -3.60. The molecule has 0 saturated heterocycles. The van der Waals surface area contributed by atoms with Crippen molar-refractivity contribution >= 4 is 23.8 Å². The van der Waals surface area contributed by atoms with Gasteiger partial charge in [0.1, 0.15) is 17.6 Å². The lowest BCUT2D eigenvalue weighted by Gasteiger charge is -2.23. The quantitative estimate of drug-likeness (QED) is 0.142. The summed E-state index contributed by atoms with van der Waals surface area (Å²) in [5.41, 5.74) is 6.71. The number of allylic oxidation sites excluding steroid dienone is 3. The molecule has 0 fully saturated rings. The Morgan fingerprint density at radius 2 is 1.93 bits per heavy atom. The Kier molecular flexibility index (Phi) is 16.0. The summed E-state index contributed by atoms with van der Waals surface area (Å²) in [6, 6.07) is 1.32. The molecule has 0 radical (unpaired) electrons. The average molecular weight is 560 g/mol. The van der Waals surface area contributed by atoms with Crippen molar-refractivity contribution < 1.29 is 34.0 Å². The van der Waals surface area contributed by atoms with Gasteiger partial charge in [0.05, 0.1) is 17.5 Å². The number of carbonyl (C=O) groups is 2. The second kappa shape index (κ2) is 18.6. The molecule has 3 atom stereocenters. The number of hydrogen-bond donors (Lipinski definition) is 5. The van der Waals surface area contributed by atoms with E-state index >= 15 is 0 Å². The van der Waals surface area contributed by atoms with Crippen LogP contribution >= 0.6 is 0 Å². The fourth-order valence-corrected chi connectivity index (χ4v) is 4.34. The maximum atomic E-state index is 12.9. The molecule has 1 amide bonds. The summed E-state index contributed by atoms with van der Waals surface area (Å²) < 4.78 is 16.5. The number of aromatic hydroxyl groups is 2. The fraction of sp³-hybridized carbons (Fsp3) is 0.467. The third-order valence-electron chi connectivity index (χ3n) is 6.52. The van der Waals surface area contributed by atoms with Crippen LogP contribution in [0.3, 0.4) is 0 Å². The first-order valence-corrected chi connectivity index (χ1v) is 13.2. The molecule has 1 aromatic carbocycles. The van der Waals surface area contributed by atoms with Gasteiger partial charge in [0.25, 0.3) is 12.4 Å². The summed E-state index contributed by atoms with van der Waals surface area (Å²) in [6.07, 6.45) is 10.6. The summed E-state index contributed by atoms with van der Waals surface area (Å²) in [4.78, 5) is 24.1. The van der Waals surface area contributed by atoms with E-state index in [9.17, 15) is 19.8 Å². The largest absolute Gasteiger partial charge is 0.506 e. The predicted octanol–water partition coefficient (Wildman–Crippen LogP) is 4.35. The van der Waals surface area contributed by atoms with Gasteiger partial charge in [-0.25, -0.2) is 0 Å². The van der Waals surface area contributed by atoms with Crippen LogP contribution in [0.1, 0.15) is 45.1 Å². The van der Waals surface area contributed by atoms with Crippen LogP contribution in [-0.4, -0.2) is 68.7 Å². The Morgan fingerprint density at radius 1 is 1.20 bits per heavy atom. The van der Waals surface area contributed by atoms with Gasteiger partial charge in [0.2, 0.25) is 0 Å². The molecule has 0 saturated carbocycles. The van der Waals surface area contributed by atoms with E-state index in [0.29, 0.717) is 55.5 Å².